The number of benzene rings is 1. The molecule has 0 saturated carbocycles. The fourth-order valence-electron chi connectivity index (χ4n) is 4.23. The Balaban J connectivity index is 1.17. The third-order valence-corrected chi connectivity index (χ3v) is 5.85. The first-order chi connectivity index (χ1) is 12.7. The summed E-state index contributed by atoms with van der Waals surface area (Å²) in [5, 5.41) is 8.65. The third kappa shape index (κ3) is 3.56. The van der Waals surface area contributed by atoms with E-state index in [1.54, 1.807) is 0 Å². The number of likely N-dealkylation sites (tertiary alicyclic amines) is 2. The normalized spacial score (nSPS) is 21.7. The Morgan fingerprint density at radius 3 is 2.96 bits per heavy atom. The zero-order valence-electron chi connectivity index (χ0n) is 15.6. The summed E-state index contributed by atoms with van der Waals surface area (Å²) in [5.41, 5.74) is 1.15. The quantitative estimate of drug-likeness (QED) is 0.839. The lowest BCUT2D eigenvalue weighted by Crippen LogP contribution is -2.65. The van der Waals surface area contributed by atoms with E-state index in [1.165, 1.54) is 25.8 Å². The highest BCUT2D eigenvalue weighted by Crippen LogP contribution is 2.24. The van der Waals surface area contributed by atoms with E-state index in [0.29, 0.717) is 18.6 Å². The number of aromatic nitrogens is 2. The van der Waals surface area contributed by atoms with E-state index < -0.39 is 0 Å². The van der Waals surface area contributed by atoms with Crippen molar-refractivity contribution in [2.45, 2.75) is 51.2 Å². The molecule has 2 aliphatic heterocycles. The Morgan fingerprint density at radius 2 is 2.12 bits per heavy atom. The standard InChI is InChI=1S/C20H29N5O/c1-16-7-4-5-11-24(16)18-14-23(15-18)20(26)21-10-6-12-25-19-9-3-2-8-17(19)13-22-25/h2-3,8-9,13,16,18H,4-7,10-12,14-15H2,1H3,(H,21,26). The summed E-state index contributed by atoms with van der Waals surface area (Å²) >= 11 is 0. The highest BCUT2D eigenvalue weighted by molar-refractivity contribution is 5.78. The molecular formula is C20H29N5O. The topological polar surface area (TPSA) is 53.4 Å². The Kier molecular flexibility index (Phi) is 5.11. The fourth-order valence-corrected chi connectivity index (χ4v) is 4.23. The third-order valence-electron chi connectivity index (χ3n) is 5.85. The number of para-hydroxylation sites is 1. The van der Waals surface area contributed by atoms with Gasteiger partial charge in [0.2, 0.25) is 0 Å². The number of amides is 2. The molecule has 2 aliphatic rings. The van der Waals surface area contributed by atoms with Gasteiger partial charge in [-0.3, -0.25) is 9.58 Å². The Hall–Kier alpha value is -2.08. The van der Waals surface area contributed by atoms with Crippen molar-refractivity contribution in [1.29, 1.82) is 0 Å². The van der Waals surface area contributed by atoms with E-state index >= 15 is 0 Å². The molecule has 3 heterocycles. The smallest absolute Gasteiger partial charge is 0.317 e. The van der Waals surface area contributed by atoms with Crippen LogP contribution in [0, 0.1) is 0 Å². The van der Waals surface area contributed by atoms with Crippen LogP contribution in [-0.2, 0) is 6.54 Å². The predicted octanol–water partition coefficient (Wildman–Crippen LogP) is 2.69. The average molecular weight is 355 g/mol. The lowest BCUT2D eigenvalue weighted by Gasteiger charge is -2.49. The van der Waals surface area contributed by atoms with E-state index in [-0.39, 0.29) is 6.03 Å². The zero-order valence-corrected chi connectivity index (χ0v) is 15.6. The molecule has 6 heteroatoms. The van der Waals surface area contributed by atoms with Crippen molar-refractivity contribution in [2.24, 2.45) is 0 Å². The van der Waals surface area contributed by atoms with Gasteiger partial charge in [-0.05, 0) is 38.8 Å². The lowest BCUT2D eigenvalue weighted by atomic mass is 9.98. The van der Waals surface area contributed by atoms with Crippen molar-refractivity contribution in [3.63, 3.8) is 0 Å². The number of aryl methyl sites for hydroxylation is 1. The second kappa shape index (κ2) is 7.66. The van der Waals surface area contributed by atoms with Crippen molar-refractivity contribution in [3.8, 4) is 0 Å². The maximum atomic E-state index is 12.3. The van der Waals surface area contributed by atoms with Gasteiger partial charge in [0.15, 0.2) is 0 Å². The molecular weight excluding hydrogens is 326 g/mol. The summed E-state index contributed by atoms with van der Waals surface area (Å²) in [4.78, 5) is 16.8. The van der Waals surface area contributed by atoms with Crippen LogP contribution in [0.4, 0.5) is 4.79 Å². The molecule has 2 amide bonds. The molecule has 26 heavy (non-hydrogen) atoms. The summed E-state index contributed by atoms with van der Waals surface area (Å²) in [5.74, 6) is 0. The van der Waals surface area contributed by atoms with Crippen LogP contribution < -0.4 is 5.32 Å². The van der Waals surface area contributed by atoms with Crippen molar-refractivity contribution < 1.29 is 4.79 Å². The van der Waals surface area contributed by atoms with Gasteiger partial charge in [-0.1, -0.05) is 24.6 Å². The number of hydrogen-bond acceptors (Lipinski definition) is 3. The Bertz CT molecular complexity index is 751. The van der Waals surface area contributed by atoms with Crippen LogP contribution in [-0.4, -0.2) is 63.9 Å². The van der Waals surface area contributed by atoms with Crippen LogP contribution in [0.15, 0.2) is 30.5 Å². The minimum Gasteiger partial charge on any atom is -0.338 e. The number of nitrogens with one attached hydrogen (secondary N) is 1. The summed E-state index contributed by atoms with van der Waals surface area (Å²) in [6.07, 6.45) is 6.73. The molecule has 2 aromatic rings. The van der Waals surface area contributed by atoms with Gasteiger partial charge in [-0.15, -0.1) is 0 Å². The monoisotopic (exact) mass is 355 g/mol. The highest BCUT2D eigenvalue weighted by Gasteiger charge is 2.37. The van der Waals surface area contributed by atoms with Crippen LogP contribution in [0.2, 0.25) is 0 Å². The second-order valence-electron chi connectivity index (χ2n) is 7.65. The number of urea groups is 1. The van der Waals surface area contributed by atoms with E-state index in [1.807, 2.05) is 27.9 Å². The average Bonchev–Trinajstić information content (AvgIpc) is 3.02. The lowest BCUT2D eigenvalue weighted by molar-refractivity contribution is 0.0170. The van der Waals surface area contributed by atoms with Crippen molar-refractivity contribution in [2.75, 3.05) is 26.2 Å². The summed E-state index contributed by atoms with van der Waals surface area (Å²) in [7, 11) is 0. The highest BCUT2D eigenvalue weighted by atomic mass is 16.2. The van der Waals surface area contributed by atoms with Crippen LogP contribution >= 0.6 is 0 Å². The summed E-state index contributed by atoms with van der Waals surface area (Å²) in [6.45, 7) is 6.77. The van der Waals surface area contributed by atoms with Crippen molar-refractivity contribution in [1.82, 2.24) is 24.9 Å². The summed E-state index contributed by atoms with van der Waals surface area (Å²) in [6, 6.07) is 9.53. The van der Waals surface area contributed by atoms with Crippen LogP contribution in [0.25, 0.3) is 10.9 Å². The first-order valence-corrected chi connectivity index (χ1v) is 9.91. The Morgan fingerprint density at radius 1 is 1.27 bits per heavy atom. The molecule has 0 spiro atoms. The molecule has 0 radical (unpaired) electrons. The van der Waals surface area contributed by atoms with Gasteiger partial charge >= 0.3 is 6.03 Å². The molecule has 0 bridgehead atoms. The molecule has 140 valence electrons. The molecule has 1 atom stereocenters. The molecule has 6 nitrogen and oxygen atoms in total. The molecule has 1 N–H and O–H groups in total. The number of fused-ring (bicyclic) bond motifs is 1. The number of rotatable bonds is 5. The van der Waals surface area contributed by atoms with Gasteiger partial charge in [-0.25, -0.2) is 4.79 Å². The SMILES string of the molecule is CC1CCCCN1C1CN(C(=O)NCCCn2ncc3ccccc32)C1. The second-order valence-corrected chi connectivity index (χ2v) is 7.65. The summed E-state index contributed by atoms with van der Waals surface area (Å²) < 4.78 is 2.01. The minimum atomic E-state index is 0.0798. The largest absolute Gasteiger partial charge is 0.338 e. The molecule has 2 saturated heterocycles. The number of nitrogens with zero attached hydrogens (tertiary/aromatic N) is 4. The first kappa shape index (κ1) is 17.3. The maximum absolute atomic E-state index is 12.3. The molecule has 1 aromatic carbocycles. The molecule has 4 rings (SSSR count). The minimum absolute atomic E-state index is 0.0798. The molecule has 1 aromatic heterocycles. The van der Waals surface area contributed by atoms with E-state index in [2.05, 4.69) is 34.4 Å². The maximum Gasteiger partial charge on any atom is 0.317 e. The first-order valence-electron chi connectivity index (χ1n) is 9.91. The van der Waals surface area contributed by atoms with Gasteiger partial charge in [0.05, 0.1) is 11.7 Å². The van der Waals surface area contributed by atoms with Crippen LogP contribution in [0.1, 0.15) is 32.6 Å². The van der Waals surface area contributed by atoms with Crippen LogP contribution in [0.3, 0.4) is 0 Å². The number of piperidine rings is 1. The molecule has 2 fully saturated rings. The number of carbonyl (C=O) groups is 1. The van der Waals surface area contributed by atoms with E-state index in [4.69, 9.17) is 0 Å². The Labute approximate surface area is 155 Å². The van der Waals surface area contributed by atoms with E-state index in [9.17, 15) is 4.79 Å². The van der Waals surface area contributed by atoms with Gasteiger partial charge in [0.1, 0.15) is 0 Å². The number of carbonyl (C=O) groups excluding carboxylic acids is 1. The van der Waals surface area contributed by atoms with Gasteiger partial charge in [0, 0.05) is 43.6 Å². The predicted molar refractivity (Wildman–Crippen MR) is 103 cm³/mol. The van der Waals surface area contributed by atoms with Crippen molar-refractivity contribution in [3.05, 3.63) is 30.5 Å². The van der Waals surface area contributed by atoms with Gasteiger partial charge < -0.3 is 10.2 Å². The van der Waals surface area contributed by atoms with Gasteiger partial charge in [-0.2, -0.15) is 5.10 Å². The molecule has 0 aliphatic carbocycles. The van der Waals surface area contributed by atoms with Crippen LogP contribution in [0.5, 0.6) is 0 Å². The molecule has 1 unspecified atom stereocenters. The number of hydrogen-bond donors (Lipinski definition) is 1. The van der Waals surface area contributed by atoms with Gasteiger partial charge in [0.25, 0.3) is 0 Å². The van der Waals surface area contributed by atoms with Crippen molar-refractivity contribution >= 4 is 16.9 Å². The zero-order chi connectivity index (χ0) is 17.9. The fraction of sp³-hybridized carbons (Fsp3) is 0.600. The van der Waals surface area contributed by atoms with E-state index in [0.717, 1.165) is 37.0 Å².